The molecule has 2 nitrogen and oxygen atoms in total. The lowest BCUT2D eigenvalue weighted by molar-refractivity contribution is 0.435. The van der Waals surface area contributed by atoms with Crippen LogP contribution in [0.15, 0.2) is 199 Å². The maximum absolute atomic E-state index is 6.83. The van der Waals surface area contributed by atoms with E-state index in [9.17, 15) is 0 Å². The smallest absolute Gasteiger partial charge is 0.136 e. The zero-order chi connectivity index (χ0) is 33.8. The van der Waals surface area contributed by atoms with Crippen molar-refractivity contribution in [1.82, 2.24) is 0 Å². The summed E-state index contributed by atoms with van der Waals surface area (Å²) in [5, 5.41) is 2.26. The standard InChI is InChI=1S/C49H32O2/c1-4-14-33(15-5-1)36-28-37(34-24-26-42-41-20-10-12-22-45(41)50-47(42)31-34)30-38(29-36)35-25-27-44-48(32-35)51-46-23-13-11-21-43(46)49(44,39-16-6-2-7-17-39)40-18-8-3-9-19-40/h1-32H. The highest BCUT2D eigenvalue weighted by Crippen LogP contribution is 2.55. The molecule has 0 amide bonds. The second-order valence-electron chi connectivity index (χ2n) is 13.3. The number of benzene rings is 8. The molecule has 2 heterocycles. The molecule has 0 unspecified atom stereocenters. The lowest BCUT2D eigenvalue weighted by Crippen LogP contribution is -2.34. The van der Waals surface area contributed by atoms with Gasteiger partial charge in [-0.15, -0.1) is 0 Å². The average molecular weight is 653 g/mol. The Morgan fingerprint density at radius 3 is 1.57 bits per heavy atom. The average Bonchev–Trinajstić information content (AvgIpc) is 3.58. The molecule has 0 spiro atoms. The van der Waals surface area contributed by atoms with E-state index in [0.29, 0.717) is 0 Å². The van der Waals surface area contributed by atoms with Crippen molar-refractivity contribution in [2.24, 2.45) is 0 Å². The van der Waals surface area contributed by atoms with Crippen LogP contribution >= 0.6 is 0 Å². The van der Waals surface area contributed by atoms with Crippen LogP contribution in [0, 0.1) is 0 Å². The normalized spacial score (nSPS) is 13.0. The molecule has 0 saturated carbocycles. The molecule has 1 aliphatic rings. The fraction of sp³-hybridized carbons (Fsp3) is 0.0204. The van der Waals surface area contributed by atoms with Crippen LogP contribution in [0.4, 0.5) is 0 Å². The summed E-state index contributed by atoms with van der Waals surface area (Å²) >= 11 is 0. The molecule has 0 saturated heterocycles. The Morgan fingerprint density at radius 1 is 0.314 bits per heavy atom. The molecule has 51 heavy (non-hydrogen) atoms. The van der Waals surface area contributed by atoms with Gasteiger partial charge < -0.3 is 9.15 Å². The molecule has 0 fully saturated rings. The van der Waals surface area contributed by atoms with Gasteiger partial charge in [-0.2, -0.15) is 0 Å². The topological polar surface area (TPSA) is 22.4 Å². The summed E-state index contributed by atoms with van der Waals surface area (Å²) in [6.45, 7) is 0. The van der Waals surface area contributed by atoms with Crippen LogP contribution in [0.3, 0.4) is 0 Å². The van der Waals surface area contributed by atoms with Gasteiger partial charge in [0.15, 0.2) is 0 Å². The second kappa shape index (κ2) is 11.8. The van der Waals surface area contributed by atoms with E-state index in [2.05, 4.69) is 182 Å². The molecule has 1 aromatic heterocycles. The van der Waals surface area contributed by atoms with E-state index in [0.717, 1.165) is 72.4 Å². The molecular weight excluding hydrogens is 621 g/mol. The molecule has 2 heteroatoms. The van der Waals surface area contributed by atoms with Crippen molar-refractivity contribution in [3.63, 3.8) is 0 Å². The number of fused-ring (bicyclic) bond motifs is 5. The minimum atomic E-state index is -0.551. The van der Waals surface area contributed by atoms with E-state index < -0.39 is 5.41 Å². The van der Waals surface area contributed by atoms with E-state index in [1.165, 1.54) is 16.7 Å². The Hall–Kier alpha value is -6.64. The lowest BCUT2D eigenvalue weighted by Gasteiger charge is -2.41. The monoisotopic (exact) mass is 652 g/mol. The molecule has 0 radical (unpaired) electrons. The second-order valence-corrected chi connectivity index (χ2v) is 13.3. The summed E-state index contributed by atoms with van der Waals surface area (Å²) in [7, 11) is 0. The van der Waals surface area contributed by atoms with E-state index in [4.69, 9.17) is 9.15 Å². The summed E-state index contributed by atoms with van der Waals surface area (Å²) in [5.41, 5.74) is 12.7. The van der Waals surface area contributed by atoms with Gasteiger partial charge in [-0.05, 0) is 93.0 Å². The predicted molar refractivity (Wildman–Crippen MR) is 208 cm³/mol. The first kappa shape index (κ1) is 29.3. The van der Waals surface area contributed by atoms with Crippen molar-refractivity contribution < 1.29 is 9.15 Å². The third kappa shape index (κ3) is 4.72. The SMILES string of the molecule is c1ccc(-c2cc(-c3ccc4c(c3)Oc3ccccc3C4(c3ccccc3)c3ccccc3)cc(-c3ccc4c(c3)oc3ccccc34)c2)cc1. The third-order valence-corrected chi connectivity index (χ3v) is 10.4. The Labute approximate surface area is 296 Å². The molecule has 8 aromatic carbocycles. The predicted octanol–water partition coefficient (Wildman–Crippen LogP) is 13.1. The Kier molecular flexibility index (Phi) is 6.75. The summed E-state index contributed by atoms with van der Waals surface area (Å²) in [6, 6.07) is 69.1. The minimum absolute atomic E-state index is 0.551. The quantitative estimate of drug-likeness (QED) is 0.185. The molecule has 0 N–H and O–H groups in total. The summed E-state index contributed by atoms with van der Waals surface area (Å²) in [5.74, 6) is 1.72. The molecule has 240 valence electrons. The Bertz CT molecular complexity index is 2670. The molecular formula is C49H32O2. The molecule has 10 rings (SSSR count). The summed E-state index contributed by atoms with van der Waals surface area (Å²) < 4.78 is 13.1. The first-order chi connectivity index (χ1) is 25.3. The van der Waals surface area contributed by atoms with Gasteiger partial charge in [0.05, 0.1) is 5.41 Å². The highest BCUT2D eigenvalue weighted by atomic mass is 16.5. The van der Waals surface area contributed by atoms with Gasteiger partial charge in [-0.1, -0.05) is 146 Å². The summed E-state index contributed by atoms with van der Waals surface area (Å²) in [4.78, 5) is 0. The molecule has 0 aliphatic carbocycles. The van der Waals surface area contributed by atoms with Gasteiger partial charge in [0.25, 0.3) is 0 Å². The molecule has 9 aromatic rings. The summed E-state index contributed by atoms with van der Waals surface area (Å²) in [6.07, 6.45) is 0. The molecule has 0 atom stereocenters. The maximum Gasteiger partial charge on any atom is 0.136 e. The van der Waals surface area contributed by atoms with Gasteiger partial charge >= 0.3 is 0 Å². The van der Waals surface area contributed by atoms with Crippen molar-refractivity contribution in [1.29, 1.82) is 0 Å². The third-order valence-electron chi connectivity index (χ3n) is 10.4. The zero-order valence-electron chi connectivity index (χ0n) is 27.8. The van der Waals surface area contributed by atoms with Crippen molar-refractivity contribution in [2.45, 2.75) is 5.41 Å². The number of furan rings is 1. The fourth-order valence-corrected chi connectivity index (χ4v) is 8.05. The number of para-hydroxylation sites is 2. The lowest BCUT2D eigenvalue weighted by atomic mass is 9.63. The van der Waals surface area contributed by atoms with Gasteiger partial charge in [0.2, 0.25) is 0 Å². The van der Waals surface area contributed by atoms with Gasteiger partial charge in [0, 0.05) is 21.9 Å². The number of hydrogen-bond donors (Lipinski definition) is 0. The van der Waals surface area contributed by atoms with Gasteiger partial charge in [0.1, 0.15) is 22.7 Å². The molecule has 1 aliphatic heterocycles. The maximum atomic E-state index is 6.83. The Balaban J connectivity index is 1.18. The highest BCUT2D eigenvalue weighted by Gasteiger charge is 2.45. The van der Waals surface area contributed by atoms with Gasteiger partial charge in [-0.3, -0.25) is 0 Å². The molecule has 0 bridgehead atoms. The van der Waals surface area contributed by atoms with Crippen LogP contribution in [0.5, 0.6) is 11.5 Å². The van der Waals surface area contributed by atoms with Crippen LogP contribution in [-0.2, 0) is 5.41 Å². The number of ether oxygens (including phenoxy) is 1. The van der Waals surface area contributed by atoms with Crippen LogP contribution in [0.2, 0.25) is 0 Å². The largest absolute Gasteiger partial charge is 0.457 e. The van der Waals surface area contributed by atoms with E-state index in [1.54, 1.807) is 0 Å². The van der Waals surface area contributed by atoms with Crippen molar-refractivity contribution >= 4 is 21.9 Å². The fourth-order valence-electron chi connectivity index (χ4n) is 8.05. The van der Waals surface area contributed by atoms with Crippen LogP contribution in [-0.4, -0.2) is 0 Å². The van der Waals surface area contributed by atoms with Gasteiger partial charge in [-0.25, -0.2) is 0 Å². The van der Waals surface area contributed by atoms with E-state index in [1.807, 2.05) is 12.1 Å². The first-order valence-electron chi connectivity index (χ1n) is 17.4. The number of rotatable bonds is 5. The van der Waals surface area contributed by atoms with E-state index >= 15 is 0 Å². The van der Waals surface area contributed by atoms with Crippen LogP contribution in [0.1, 0.15) is 22.3 Å². The highest BCUT2D eigenvalue weighted by molar-refractivity contribution is 6.06. The van der Waals surface area contributed by atoms with Crippen molar-refractivity contribution in [2.75, 3.05) is 0 Å². The minimum Gasteiger partial charge on any atom is -0.457 e. The van der Waals surface area contributed by atoms with Crippen LogP contribution < -0.4 is 4.74 Å². The first-order valence-corrected chi connectivity index (χ1v) is 17.4. The van der Waals surface area contributed by atoms with E-state index in [-0.39, 0.29) is 0 Å². The van der Waals surface area contributed by atoms with Crippen LogP contribution in [0.25, 0.3) is 55.3 Å². The Morgan fingerprint density at radius 2 is 0.843 bits per heavy atom. The zero-order valence-corrected chi connectivity index (χ0v) is 27.8. The van der Waals surface area contributed by atoms with Crippen molar-refractivity contribution in [3.05, 3.63) is 216 Å². The van der Waals surface area contributed by atoms with Crippen molar-refractivity contribution in [3.8, 4) is 44.9 Å². The number of hydrogen-bond acceptors (Lipinski definition) is 2.